The Morgan fingerprint density at radius 3 is 2.21 bits per heavy atom. The predicted molar refractivity (Wildman–Crippen MR) is 68.1 cm³/mol. The zero-order chi connectivity index (χ0) is 14.0. The van der Waals surface area contributed by atoms with Crippen molar-refractivity contribution < 1.29 is 13.2 Å². The molecule has 2 aromatic carbocycles. The van der Waals surface area contributed by atoms with Crippen LogP contribution in [0.3, 0.4) is 0 Å². The van der Waals surface area contributed by atoms with Gasteiger partial charge in [-0.25, -0.2) is 13.2 Å². The maximum atomic E-state index is 13.7. The van der Waals surface area contributed by atoms with Crippen LogP contribution in [0, 0.1) is 24.4 Å². The fourth-order valence-electron chi connectivity index (χ4n) is 2.03. The van der Waals surface area contributed by atoms with Crippen molar-refractivity contribution in [3.8, 4) is 0 Å². The summed E-state index contributed by atoms with van der Waals surface area (Å²) in [6.45, 7) is 1.78. The molecule has 4 heteroatoms. The molecule has 0 fully saturated rings. The van der Waals surface area contributed by atoms with E-state index in [9.17, 15) is 13.2 Å². The molecule has 2 N–H and O–H groups in total. The molecule has 0 heterocycles. The highest BCUT2D eigenvalue weighted by Gasteiger charge is 2.13. The van der Waals surface area contributed by atoms with Gasteiger partial charge in [0.2, 0.25) is 0 Å². The smallest absolute Gasteiger partial charge is 0.128 e. The van der Waals surface area contributed by atoms with Crippen LogP contribution in [0.25, 0.3) is 0 Å². The van der Waals surface area contributed by atoms with Crippen molar-refractivity contribution >= 4 is 0 Å². The summed E-state index contributed by atoms with van der Waals surface area (Å²) in [5.41, 5.74) is 7.44. The molecule has 0 aliphatic carbocycles. The van der Waals surface area contributed by atoms with Crippen molar-refractivity contribution in [2.45, 2.75) is 19.4 Å². The third-order valence-electron chi connectivity index (χ3n) is 2.93. The molecular weight excluding hydrogens is 251 g/mol. The van der Waals surface area contributed by atoms with Crippen LogP contribution in [0.5, 0.6) is 0 Å². The second kappa shape index (κ2) is 5.45. The molecule has 0 radical (unpaired) electrons. The summed E-state index contributed by atoms with van der Waals surface area (Å²) < 4.78 is 39.9. The minimum Gasteiger partial charge on any atom is -0.324 e. The van der Waals surface area contributed by atoms with Crippen LogP contribution in [-0.4, -0.2) is 0 Å². The lowest BCUT2D eigenvalue weighted by Crippen LogP contribution is -2.15. The van der Waals surface area contributed by atoms with Crippen LogP contribution in [0.1, 0.15) is 22.7 Å². The Morgan fingerprint density at radius 1 is 1.00 bits per heavy atom. The van der Waals surface area contributed by atoms with E-state index in [0.29, 0.717) is 11.1 Å². The van der Waals surface area contributed by atoms with Gasteiger partial charge in [-0.2, -0.15) is 0 Å². The van der Waals surface area contributed by atoms with E-state index in [1.165, 1.54) is 18.2 Å². The molecule has 0 aromatic heterocycles. The van der Waals surface area contributed by atoms with Gasteiger partial charge in [0, 0.05) is 17.7 Å². The van der Waals surface area contributed by atoms with Gasteiger partial charge in [0.1, 0.15) is 17.5 Å². The standard InChI is InChI=1S/C15H14F3N/c1-9-2-3-13(14(18)4-9)15(19)7-10-5-11(16)8-12(17)6-10/h2-6,8,15H,7,19H2,1H3. The van der Waals surface area contributed by atoms with Crippen LogP contribution in [0.2, 0.25) is 0 Å². The first kappa shape index (κ1) is 13.6. The van der Waals surface area contributed by atoms with Gasteiger partial charge >= 0.3 is 0 Å². The lowest BCUT2D eigenvalue weighted by molar-refractivity contribution is 0.566. The van der Waals surface area contributed by atoms with Crippen LogP contribution in [0.4, 0.5) is 13.2 Å². The van der Waals surface area contributed by atoms with Crippen molar-refractivity contribution in [3.63, 3.8) is 0 Å². The van der Waals surface area contributed by atoms with Gasteiger partial charge in [0.25, 0.3) is 0 Å². The maximum absolute atomic E-state index is 13.7. The van der Waals surface area contributed by atoms with Gasteiger partial charge in [0.05, 0.1) is 0 Å². The highest BCUT2D eigenvalue weighted by atomic mass is 19.1. The zero-order valence-electron chi connectivity index (χ0n) is 10.5. The molecule has 0 amide bonds. The SMILES string of the molecule is Cc1ccc(C(N)Cc2cc(F)cc(F)c2)c(F)c1. The van der Waals surface area contributed by atoms with Crippen molar-refractivity contribution in [3.05, 3.63) is 70.5 Å². The van der Waals surface area contributed by atoms with Crippen molar-refractivity contribution in [2.24, 2.45) is 5.73 Å². The summed E-state index contributed by atoms with van der Waals surface area (Å²) in [7, 11) is 0. The highest BCUT2D eigenvalue weighted by Crippen LogP contribution is 2.21. The minimum absolute atomic E-state index is 0.175. The molecule has 0 spiro atoms. The molecule has 1 nitrogen and oxygen atoms in total. The highest BCUT2D eigenvalue weighted by molar-refractivity contribution is 5.28. The quantitative estimate of drug-likeness (QED) is 0.900. The number of halogens is 3. The number of aryl methyl sites for hydroxylation is 1. The van der Waals surface area contributed by atoms with Crippen molar-refractivity contribution in [1.29, 1.82) is 0 Å². The van der Waals surface area contributed by atoms with E-state index >= 15 is 0 Å². The normalized spacial score (nSPS) is 12.5. The average molecular weight is 265 g/mol. The first-order chi connectivity index (χ1) is 8.95. The summed E-state index contributed by atoms with van der Waals surface area (Å²) in [5, 5.41) is 0. The third-order valence-corrected chi connectivity index (χ3v) is 2.93. The van der Waals surface area contributed by atoms with Gasteiger partial charge in [-0.15, -0.1) is 0 Å². The summed E-state index contributed by atoms with van der Waals surface area (Å²) >= 11 is 0. The van der Waals surface area contributed by atoms with E-state index in [-0.39, 0.29) is 6.42 Å². The second-order valence-electron chi connectivity index (χ2n) is 4.61. The Hall–Kier alpha value is -1.81. The van der Waals surface area contributed by atoms with E-state index in [2.05, 4.69) is 0 Å². The number of hydrogen-bond donors (Lipinski definition) is 1. The third kappa shape index (κ3) is 3.35. The molecular formula is C15H14F3N. The fourth-order valence-corrected chi connectivity index (χ4v) is 2.03. The molecule has 2 aromatic rings. The lowest BCUT2D eigenvalue weighted by atomic mass is 9.98. The molecule has 0 saturated heterocycles. The monoisotopic (exact) mass is 265 g/mol. The van der Waals surface area contributed by atoms with Crippen LogP contribution >= 0.6 is 0 Å². The Labute approximate surface area is 109 Å². The Bertz CT molecular complexity index is 576. The minimum atomic E-state index is -0.661. The average Bonchev–Trinajstić information content (AvgIpc) is 2.26. The van der Waals surface area contributed by atoms with E-state index < -0.39 is 23.5 Å². The number of nitrogens with two attached hydrogens (primary N) is 1. The van der Waals surface area contributed by atoms with E-state index in [0.717, 1.165) is 11.6 Å². The zero-order valence-corrected chi connectivity index (χ0v) is 10.5. The van der Waals surface area contributed by atoms with Gasteiger partial charge in [-0.05, 0) is 42.7 Å². The molecule has 0 aliphatic heterocycles. The van der Waals surface area contributed by atoms with Gasteiger partial charge in [-0.1, -0.05) is 12.1 Å². The molecule has 0 bridgehead atoms. The van der Waals surface area contributed by atoms with E-state index in [4.69, 9.17) is 5.73 Å². The van der Waals surface area contributed by atoms with E-state index in [1.807, 2.05) is 0 Å². The van der Waals surface area contributed by atoms with Crippen molar-refractivity contribution in [2.75, 3.05) is 0 Å². The molecule has 100 valence electrons. The molecule has 1 unspecified atom stereocenters. The summed E-state index contributed by atoms with van der Waals surface area (Å²) in [5.74, 6) is -1.72. The molecule has 0 aliphatic rings. The number of benzene rings is 2. The summed E-state index contributed by atoms with van der Waals surface area (Å²) in [4.78, 5) is 0. The Balaban J connectivity index is 2.22. The Kier molecular flexibility index (Phi) is 3.90. The summed E-state index contributed by atoms with van der Waals surface area (Å²) in [6.07, 6.45) is 0.175. The Morgan fingerprint density at radius 2 is 1.63 bits per heavy atom. The predicted octanol–water partition coefficient (Wildman–Crippen LogP) is 3.65. The van der Waals surface area contributed by atoms with Crippen LogP contribution < -0.4 is 5.73 Å². The van der Waals surface area contributed by atoms with Crippen LogP contribution in [-0.2, 0) is 6.42 Å². The first-order valence-corrected chi connectivity index (χ1v) is 5.92. The molecule has 19 heavy (non-hydrogen) atoms. The second-order valence-corrected chi connectivity index (χ2v) is 4.61. The van der Waals surface area contributed by atoms with E-state index in [1.54, 1.807) is 19.1 Å². The number of hydrogen-bond acceptors (Lipinski definition) is 1. The largest absolute Gasteiger partial charge is 0.324 e. The first-order valence-electron chi connectivity index (χ1n) is 5.92. The van der Waals surface area contributed by atoms with Crippen molar-refractivity contribution in [1.82, 2.24) is 0 Å². The van der Waals surface area contributed by atoms with Gasteiger partial charge in [0.15, 0.2) is 0 Å². The lowest BCUT2D eigenvalue weighted by Gasteiger charge is -2.13. The number of rotatable bonds is 3. The van der Waals surface area contributed by atoms with Gasteiger partial charge in [-0.3, -0.25) is 0 Å². The topological polar surface area (TPSA) is 26.0 Å². The summed E-state index contributed by atoms with van der Waals surface area (Å²) in [6, 6.07) is 7.31. The van der Waals surface area contributed by atoms with Crippen LogP contribution in [0.15, 0.2) is 36.4 Å². The molecule has 1 atom stereocenters. The van der Waals surface area contributed by atoms with Gasteiger partial charge < -0.3 is 5.73 Å². The maximum Gasteiger partial charge on any atom is 0.128 e. The molecule has 2 rings (SSSR count). The molecule has 0 saturated carbocycles. The fraction of sp³-hybridized carbons (Fsp3) is 0.200.